The summed E-state index contributed by atoms with van der Waals surface area (Å²) in [5.41, 5.74) is 0. The van der Waals surface area contributed by atoms with Crippen LogP contribution in [-0.2, 0) is 23.5 Å². The summed E-state index contributed by atoms with van der Waals surface area (Å²) in [6.07, 6.45) is 5.41. The molecule has 0 spiro atoms. The second kappa shape index (κ2) is 13.1. The Balaban J connectivity index is 2.08. The second-order valence-corrected chi connectivity index (χ2v) is 6.94. The average molecular weight is 374 g/mol. The monoisotopic (exact) mass is 374 g/mol. The van der Waals surface area contributed by atoms with E-state index < -0.39 is 16.7 Å². The average Bonchev–Trinajstić information content (AvgIpc) is 2.58. The van der Waals surface area contributed by atoms with Gasteiger partial charge in [0.2, 0.25) is 0 Å². The summed E-state index contributed by atoms with van der Waals surface area (Å²) in [5, 5.41) is 0. The molecule has 144 valence electrons. The lowest BCUT2D eigenvalue weighted by atomic mass is 10.1. The van der Waals surface area contributed by atoms with Crippen molar-refractivity contribution in [3.8, 4) is 5.75 Å². The first-order valence-electron chi connectivity index (χ1n) is 8.90. The van der Waals surface area contributed by atoms with Gasteiger partial charge in [0.05, 0.1) is 13.2 Å². The van der Waals surface area contributed by atoms with E-state index >= 15 is 0 Å². The van der Waals surface area contributed by atoms with Gasteiger partial charge in [0.25, 0.3) is 0 Å². The third-order valence-corrected chi connectivity index (χ3v) is 4.39. The van der Waals surface area contributed by atoms with Crippen LogP contribution in [0.5, 0.6) is 5.75 Å². The molecule has 1 rings (SSSR count). The first-order chi connectivity index (χ1) is 12.0. The van der Waals surface area contributed by atoms with E-state index in [9.17, 15) is 8.42 Å². The Kier molecular flexibility index (Phi) is 11.5. The minimum absolute atomic E-state index is 0.137. The highest BCUT2D eigenvalue weighted by Gasteiger charge is 2.17. The number of hydrogen-bond donors (Lipinski definition) is 0. The van der Waals surface area contributed by atoms with Gasteiger partial charge in [-0.3, -0.25) is 0 Å². The fourth-order valence-corrected chi connectivity index (χ4v) is 2.92. The van der Waals surface area contributed by atoms with E-state index in [1.165, 1.54) is 26.2 Å². The molecule has 1 aromatic carbocycles. The SMILES string of the molecule is CCCCCCCCOS(=O)(=O)OC(C)OCCOc1ccccc1. The number of para-hydroxylation sites is 1. The third kappa shape index (κ3) is 11.9. The summed E-state index contributed by atoms with van der Waals surface area (Å²) in [6.45, 7) is 4.32. The standard InChI is InChI=1S/C18H30O6S/c1-3-4-5-6-7-11-14-23-25(19,20)24-17(2)21-15-16-22-18-12-9-8-10-13-18/h8-10,12-13,17H,3-7,11,14-16H2,1-2H3. The second-order valence-electron chi connectivity index (χ2n) is 5.69. The minimum atomic E-state index is -4.03. The molecule has 0 aromatic heterocycles. The highest BCUT2D eigenvalue weighted by molar-refractivity contribution is 7.81. The number of benzene rings is 1. The van der Waals surface area contributed by atoms with E-state index in [0.29, 0.717) is 13.0 Å². The van der Waals surface area contributed by atoms with Crippen LogP contribution < -0.4 is 4.74 Å². The summed E-state index contributed by atoms with van der Waals surface area (Å²) >= 11 is 0. The molecule has 0 aliphatic rings. The first kappa shape index (κ1) is 21.9. The lowest BCUT2D eigenvalue weighted by Crippen LogP contribution is -2.22. The van der Waals surface area contributed by atoms with E-state index in [2.05, 4.69) is 6.92 Å². The predicted molar refractivity (Wildman–Crippen MR) is 96.7 cm³/mol. The Labute approximate surface area is 151 Å². The molecule has 0 fully saturated rings. The summed E-state index contributed by atoms with van der Waals surface area (Å²) in [6, 6.07) is 9.31. The van der Waals surface area contributed by atoms with Crippen molar-refractivity contribution in [2.75, 3.05) is 19.8 Å². The summed E-state index contributed by atoms with van der Waals surface area (Å²) < 4.78 is 43.7. The van der Waals surface area contributed by atoms with Crippen LogP contribution in [0.4, 0.5) is 0 Å². The Morgan fingerprint density at radius 2 is 1.60 bits per heavy atom. The van der Waals surface area contributed by atoms with Gasteiger partial charge in [-0.2, -0.15) is 8.42 Å². The van der Waals surface area contributed by atoms with Crippen molar-refractivity contribution < 1.29 is 26.3 Å². The van der Waals surface area contributed by atoms with E-state index in [1.54, 1.807) is 0 Å². The van der Waals surface area contributed by atoms with Crippen LogP contribution >= 0.6 is 0 Å². The quantitative estimate of drug-likeness (QED) is 0.340. The molecular weight excluding hydrogens is 344 g/mol. The summed E-state index contributed by atoms with van der Waals surface area (Å²) in [7, 11) is -4.03. The van der Waals surface area contributed by atoms with E-state index in [1.807, 2.05) is 30.3 Å². The van der Waals surface area contributed by atoms with E-state index in [0.717, 1.165) is 18.6 Å². The summed E-state index contributed by atoms with van der Waals surface area (Å²) in [4.78, 5) is 0. The molecule has 1 atom stereocenters. The van der Waals surface area contributed by atoms with E-state index in [4.69, 9.17) is 17.8 Å². The summed E-state index contributed by atoms with van der Waals surface area (Å²) in [5.74, 6) is 0.731. The lowest BCUT2D eigenvalue weighted by molar-refractivity contribution is -0.0771. The Bertz CT molecular complexity index is 532. The number of rotatable bonds is 15. The van der Waals surface area contributed by atoms with Crippen molar-refractivity contribution in [3.63, 3.8) is 0 Å². The largest absolute Gasteiger partial charge is 0.491 e. The van der Waals surface area contributed by atoms with Crippen LogP contribution in [-0.4, -0.2) is 34.5 Å². The van der Waals surface area contributed by atoms with E-state index in [-0.39, 0.29) is 13.2 Å². The zero-order valence-corrected chi connectivity index (χ0v) is 16.0. The molecule has 7 heteroatoms. The maximum atomic E-state index is 11.7. The van der Waals surface area contributed by atoms with Crippen LogP contribution in [0.1, 0.15) is 52.4 Å². The van der Waals surface area contributed by atoms with Gasteiger partial charge >= 0.3 is 10.4 Å². The highest BCUT2D eigenvalue weighted by atomic mass is 32.3. The molecule has 25 heavy (non-hydrogen) atoms. The van der Waals surface area contributed by atoms with Gasteiger partial charge in [-0.1, -0.05) is 57.2 Å². The van der Waals surface area contributed by atoms with Crippen LogP contribution in [0.2, 0.25) is 0 Å². The Morgan fingerprint density at radius 3 is 2.32 bits per heavy atom. The Hall–Kier alpha value is -1.15. The first-order valence-corrected chi connectivity index (χ1v) is 10.2. The van der Waals surface area contributed by atoms with Crippen LogP contribution in [0.3, 0.4) is 0 Å². The molecule has 1 aromatic rings. The maximum Gasteiger partial charge on any atom is 0.402 e. The van der Waals surface area contributed by atoms with Gasteiger partial charge in [-0.15, -0.1) is 0 Å². The fourth-order valence-electron chi connectivity index (χ4n) is 2.16. The molecule has 0 N–H and O–H groups in total. The fraction of sp³-hybridized carbons (Fsp3) is 0.667. The van der Waals surface area contributed by atoms with Crippen molar-refractivity contribution in [2.24, 2.45) is 0 Å². The molecule has 0 bridgehead atoms. The Morgan fingerprint density at radius 1 is 0.920 bits per heavy atom. The molecule has 0 aliphatic carbocycles. The molecule has 6 nitrogen and oxygen atoms in total. The molecule has 0 aliphatic heterocycles. The van der Waals surface area contributed by atoms with Gasteiger partial charge in [-0.05, 0) is 25.5 Å². The normalized spacial score (nSPS) is 12.9. The van der Waals surface area contributed by atoms with Crippen molar-refractivity contribution in [2.45, 2.75) is 58.7 Å². The van der Waals surface area contributed by atoms with Crippen LogP contribution in [0.25, 0.3) is 0 Å². The maximum absolute atomic E-state index is 11.7. The molecule has 0 saturated carbocycles. The molecule has 0 radical (unpaired) electrons. The highest BCUT2D eigenvalue weighted by Crippen LogP contribution is 2.10. The zero-order chi connectivity index (χ0) is 18.4. The lowest BCUT2D eigenvalue weighted by Gasteiger charge is -2.14. The predicted octanol–water partition coefficient (Wildman–Crippen LogP) is 4.07. The van der Waals surface area contributed by atoms with Crippen molar-refractivity contribution in [1.82, 2.24) is 0 Å². The number of hydrogen-bond acceptors (Lipinski definition) is 6. The number of unbranched alkanes of at least 4 members (excludes halogenated alkanes) is 5. The van der Waals surface area contributed by atoms with Crippen molar-refractivity contribution in [3.05, 3.63) is 30.3 Å². The van der Waals surface area contributed by atoms with Gasteiger partial charge in [-0.25, -0.2) is 8.37 Å². The van der Waals surface area contributed by atoms with Gasteiger partial charge < -0.3 is 9.47 Å². The van der Waals surface area contributed by atoms with Gasteiger partial charge in [0.15, 0.2) is 6.29 Å². The van der Waals surface area contributed by atoms with Gasteiger partial charge in [0.1, 0.15) is 12.4 Å². The topological polar surface area (TPSA) is 71.1 Å². The van der Waals surface area contributed by atoms with Gasteiger partial charge in [0, 0.05) is 0 Å². The molecular formula is C18H30O6S. The molecule has 0 saturated heterocycles. The molecule has 0 heterocycles. The minimum Gasteiger partial charge on any atom is -0.491 e. The van der Waals surface area contributed by atoms with Crippen LogP contribution in [0.15, 0.2) is 30.3 Å². The smallest absolute Gasteiger partial charge is 0.402 e. The van der Waals surface area contributed by atoms with Crippen molar-refractivity contribution >= 4 is 10.4 Å². The van der Waals surface area contributed by atoms with Crippen molar-refractivity contribution in [1.29, 1.82) is 0 Å². The van der Waals surface area contributed by atoms with Crippen LogP contribution in [0, 0.1) is 0 Å². The number of ether oxygens (including phenoxy) is 2. The molecule has 1 unspecified atom stereocenters. The molecule has 0 amide bonds. The third-order valence-electron chi connectivity index (χ3n) is 3.43. The zero-order valence-electron chi connectivity index (χ0n) is 15.2.